The van der Waals surface area contributed by atoms with E-state index in [1.54, 1.807) is 12.3 Å². The fraction of sp³-hybridized carbons (Fsp3) is 0.583. The molecular formula is C12H19BrN2OS. The zero-order valence-corrected chi connectivity index (χ0v) is 12.9. The van der Waals surface area contributed by atoms with E-state index in [-0.39, 0.29) is 10.7 Å². The molecule has 1 amide bonds. The Morgan fingerprint density at radius 2 is 2.18 bits per heavy atom. The highest BCUT2D eigenvalue weighted by Gasteiger charge is 2.25. The molecule has 1 heterocycles. The van der Waals surface area contributed by atoms with E-state index in [1.165, 1.54) is 0 Å². The molecule has 1 rings (SSSR count). The van der Waals surface area contributed by atoms with Crippen molar-refractivity contribution in [2.75, 3.05) is 12.8 Å². The quantitative estimate of drug-likeness (QED) is 0.844. The second kappa shape index (κ2) is 6.50. The van der Waals surface area contributed by atoms with Crippen LogP contribution in [0, 0.1) is 0 Å². The molecule has 1 aromatic rings. The van der Waals surface area contributed by atoms with Gasteiger partial charge in [-0.3, -0.25) is 4.79 Å². The third kappa shape index (κ3) is 3.78. The maximum Gasteiger partial charge on any atom is 0.267 e. The Labute approximate surface area is 115 Å². The maximum absolute atomic E-state index is 11.9. The van der Waals surface area contributed by atoms with E-state index in [2.05, 4.69) is 46.3 Å². The van der Waals surface area contributed by atoms with Gasteiger partial charge in [-0.05, 0) is 41.1 Å². The highest BCUT2D eigenvalue weighted by Crippen LogP contribution is 2.29. The molecule has 0 unspecified atom stereocenters. The molecular weight excluding hydrogens is 300 g/mol. The van der Waals surface area contributed by atoms with Crippen LogP contribution in [0.25, 0.3) is 0 Å². The van der Waals surface area contributed by atoms with Gasteiger partial charge < -0.3 is 10.3 Å². The predicted molar refractivity (Wildman–Crippen MR) is 77.7 cm³/mol. The summed E-state index contributed by atoms with van der Waals surface area (Å²) in [6.45, 7) is 5.03. The second-order valence-corrected chi connectivity index (χ2v) is 6.20. The monoisotopic (exact) mass is 318 g/mol. The van der Waals surface area contributed by atoms with Gasteiger partial charge >= 0.3 is 0 Å². The van der Waals surface area contributed by atoms with Crippen molar-refractivity contribution in [1.82, 2.24) is 10.3 Å². The number of H-pyrrole nitrogens is 1. The number of thioether (sulfide) groups is 1. The van der Waals surface area contributed by atoms with E-state index in [1.807, 2.05) is 11.8 Å². The van der Waals surface area contributed by atoms with Gasteiger partial charge in [-0.1, -0.05) is 13.8 Å². The first-order valence-electron chi connectivity index (χ1n) is 5.74. The van der Waals surface area contributed by atoms with Gasteiger partial charge in [0.05, 0.1) is 0 Å². The van der Waals surface area contributed by atoms with E-state index in [0.29, 0.717) is 12.2 Å². The molecule has 0 aromatic carbocycles. The minimum absolute atomic E-state index is 0.0453. The van der Waals surface area contributed by atoms with E-state index in [9.17, 15) is 4.79 Å². The number of hydrogen-bond acceptors (Lipinski definition) is 2. The Bertz CT molecular complexity index is 366. The number of carbonyl (C=O) groups excluding carboxylic acids is 1. The lowest BCUT2D eigenvalue weighted by atomic mass is 10.0. The topological polar surface area (TPSA) is 44.9 Å². The highest BCUT2D eigenvalue weighted by molar-refractivity contribution is 9.10. The summed E-state index contributed by atoms with van der Waals surface area (Å²) in [5, 5.41) is 2.99. The average molecular weight is 319 g/mol. The molecule has 17 heavy (non-hydrogen) atoms. The Morgan fingerprint density at radius 1 is 1.53 bits per heavy atom. The summed E-state index contributed by atoms with van der Waals surface area (Å²) in [4.78, 5) is 14.8. The molecule has 0 saturated carbocycles. The van der Waals surface area contributed by atoms with Crippen LogP contribution in [0.15, 0.2) is 16.7 Å². The fourth-order valence-electron chi connectivity index (χ4n) is 1.70. The first-order valence-corrected chi connectivity index (χ1v) is 7.76. The standard InChI is InChI=1S/C12H19BrN2OS/c1-4-12(5-2,17-3)8-15-11(16)10-6-9(13)7-14-10/h6-7,14H,4-5,8H2,1-3H3,(H,15,16). The van der Waals surface area contributed by atoms with Crippen molar-refractivity contribution < 1.29 is 4.79 Å². The molecule has 0 saturated heterocycles. The van der Waals surface area contributed by atoms with Crippen LogP contribution in [0.5, 0.6) is 0 Å². The predicted octanol–water partition coefficient (Wildman–Crippen LogP) is 3.43. The molecule has 0 aliphatic carbocycles. The Balaban J connectivity index is 2.58. The second-order valence-electron chi connectivity index (χ2n) is 4.01. The number of halogens is 1. The summed E-state index contributed by atoms with van der Waals surface area (Å²) in [6, 6.07) is 1.79. The van der Waals surface area contributed by atoms with Crippen LogP contribution < -0.4 is 5.32 Å². The number of amides is 1. The molecule has 0 bridgehead atoms. The van der Waals surface area contributed by atoms with Gasteiger partial charge in [-0.15, -0.1) is 0 Å². The van der Waals surface area contributed by atoms with Crippen molar-refractivity contribution in [3.8, 4) is 0 Å². The van der Waals surface area contributed by atoms with Crippen LogP contribution in [0.4, 0.5) is 0 Å². The molecule has 0 aliphatic heterocycles. The lowest BCUT2D eigenvalue weighted by Gasteiger charge is -2.29. The van der Waals surface area contributed by atoms with Crippen molar-refractivity contribution in [3.05, 3.63) is 22.4 Å². The number of hydrogen-bond donors (Lipinski definition) is 2. The largest absolute Gasteiger partial charge is 0.356 e. The van der Waals surface area contributed by atoms with E-state index in [0.717, 1.165) is 17.3 Å². The molecule has 1 aromatic heterocycles. The summed E-state index contributed by atoms with van der Waals surface area (Å²) >= 11 is 5.14. The van der Waals surface area contributed by atoms with E-state index < -0.39 is 0 Å². The zero-order valence-electron chi connectivity index (χ0n) is 10.5. The summed E-state index contributed by atoms with van der Waals surface area (Å²) in [5.41, 5.74) is 0.596. The first kappa shape index (κ1) is 14.6. The smallest absolute Gasteiger partial charge is 0.267 e. The fourth-order valence-corrected chi connectivity index (χ4v) is 2.83. The Morgan fingerprint density at radius 3 is 2.59 bits per heavy atom. The summed E-state index contributed by atoms with van der Waals surface area (Å²) in [7, 11) is 0. The number of rotatable bonds is 6. The lowest BCUT2D eigenvalue weighted by molar-refractivity contribution is 0.0944. The van der Waals surface area contributed by atoms with Crippen LogP contribution in [0.2, 0.25) is 0 Å². The number of carbonyl (C=O) groups is 1. The number of nitrogens with one attached hydrogen (secondary N) is 2. The zero-order chi connectivity index (χ0) is 12.9. The SMILES string of the molecule is CCC(CC)(CNC(=O)c1cc(Br)c[nH]1)SC. The van der Waals surface area contributed by atoms with Gasteiger partial charge in [-0.25, -0.2) is 0 Å². The van der Waals surface area contributed by atoms with Gasteiger partial charge in [0, 0.05) is 22.0 Å². The van der Waals surface area contributed by atoms with Crippen LogP contribution in [-0.2, 0) is 0 Å². The Hall–Kier alpha value is -0.420. The minimum Gasteiger partial charge on any atom is -0.356 e. The van der Waals surface area contributed by atoms with Crippen molar-refractivity contribution in [2.24, 2.45) is 0 Å². The number of aromatic amines is 1. The third-order valence-corrected chi connectivity index (χ3v) is 5.23. The molecule has 0 spiro atoms. The van der Waals surface area contributed by atoms with Gasteiger partial charge in [0.1, 0.15) is 5.69 Å². The lowest BCUT2D eigenvalue weighted by Crippen LogP contribution is -2.39. The third-order valence-electron chi connectivity index (χ3n) is 3.19. The van der Waals surface area contributed by atoms with Gasteiger partial charge in [0.25, 0.3) is 5.91 Å². The molecule has 2 N–H and O–H groups in total. The normalized spacial score (nSPS) is 11.5. The number of aromatic nitrogens is 1. The molecule has 0 aliphatic rings. The van der Waals surface area contributed by atoms with Crippen LogP contribution >= 0.6 is 27.7 Å². The maximum atomic E-state index is 11.9. The van der Waals surface area contributed by atoms with Crippen molar-refractivity contribution in [2.45, 2.75) is 31.4 Å². The average Bonchev–Trinajstić information content (AvgIpc) is 2.78. The molecule has 0 atom stereocenters. The summed E-state index contributed by atoms with van der Waals surface area (Å²) in [5.74, 6) is -0.0453. The summed E-state index contributed by atoms with van der Waals surface area (Å²) < 4.78 is 1.05. The molecule has 5 heteroatoms. The minimum atomic E-state index is -0.0453. The molecule has 0 fully saturated rings. The van der Waals surface area contributed by atoms with Crippen LogP contribution in [0.1, 0.15) is 37.2 Å². The van der Waals surface area contributed by atoms with Crippen LogP contribution in [0.3, 0.4) is 0 Å². The van der Waals surface area contributed by atoms with Gasteiger partial charge in [-0.2, -0.15) is 11.8 Å². The van der Waals surface area contributed by atoms with Gasteiger partial charge in [0.15, 0.2) is 0 Å². The van der Waals surface area contributed by atoms with Crippen molar-refractivity contribution >= 4 is 33.6 Å². The Kier molecular flexibility index (Phi) is 5.59. The molecule has 0 radical (unpaired) electrons. The highest BCUT2D eigenvalue weighted by atomic mass is 79.9. The van der Waals surface area contributed by atoms with Crippen molar-refractivity contribution in [1.29, 1.82) is 0 Å². The molecule has 3 nitrogen and oxygen atoms in total. The summed E-state index contributed by atoms with van der Waals surface area (Å²) in [6.07, 6.45) is 5.97. The van der Waals surface area contributed by atoms with E-state index >= 15 is 0 Å². The van der Waals surface area contributed by atoms with Gasteiger partial charge in [0.2, 0.25) is 0 Å². The van der Waals surface area contributed by atoms with E-state index in [4.69, 9.17) is 0 Å². The molecule has 96 valence electrons. The first-order chi connectivity index (χ1) is 8.06. The van der Waals surface area contributed by atoms with Crippen LogP contribution in [-0.4, -0.2) is 28.4 Å². The van der Waals surface area contributed by atoms with Crippen molar-refractivity contribution in [3.63, 3.8) is 0 Å².